The van der Waals surface area contributed by atoms with Gasteiger partial charge < -0.3 is 10.1 Å². The van der Waals surface area contributed by atoms with Gasteiger partial charge in [0.2, 0.25) is 0 Å². The number of hydrogen-bond donors (Lipinski definition) is 1. The summed E-state index contributed by atoms with van der Waals surface area (Å²) in [5.74, 6) is 1.37. The Hall–Kier alpha value is -1.00. The minimum Gasteiger partial charge on any atom is -0.371 e. The number of aromatic nitrogens is 2. The highest BCUT2D eigenvalue weighted by molar-refractivity contribution is 5.25. The van der Waals surface area contributed by atoms with Gasteiger partial charge in [-0.05, 0) is 52.1 Å². The van der Waals surface area contributed by atoms with Crippen molar-refractivity contribution in [1.82, 2.24) is 15.3 Å². The molecule has 0 aliphatic heterocycles. The second kappa shape index (κ2) is 8.44. The summed E-state index contributed by atoms with van der Waals surface area (Å²) in [7, 11) is 0. The van der Waals surface area contributed by atoms with Crippen LogP contribution in [0.1, 0.15) is 63.5 Å². The Bertz CT molecular complexity index is 423. The molecule has 0 aliphatic carbocycles. The number of nitrogens with zero attached hydrogens (tertiary/aromatic N) is 2. The van der Waals surface area contributed by atoms with E-state index in [2.05, 4.69) is 49.9 Å². The SMILES string of the molecule is CCOC(C)c1nc(C)c(CC(C)CNC(C)C)c(C)n1. The molecule has 2 atom stereocenters. The molecule has 0 saturated carbocycles. The monoisotopic (exact) mass is 293 g/mol. The number of aryl methyl sites for hydroxylation is 2. The number of hydrogen-bond acceptors (Lipinski definition) is 4. The van der Waals surface area contributed by atoms with E-state index in [1.807, 2.05) is 13.8 Å². The van der Waals surface area contributed by atoms with E-state index in [-0.39, 0.29) is 6.10 Å². The Morgan fingerprint density at radius 2 is 1.62 bits per heavy atom. The van der Waals surface area contributed by atoms with Crippen LogP contribution in [0.2, 0.25) is 0 Å². The molecule has 1 heterocycles. The molecule has 4 nitrogen and oxygen atoms in total. The molecule has 0 spiro atoms. The molecule has 0 fully saturated rings. The fourth-order valence-electron chi connectivity index (χ4n) is 2.42. The topological polar surface area (TPSA) is 47.0 Å². The third-order valence-corrected chi connectivity index (χ3v) is 3.65. The van der Waals surface area contributed by atoms with Crippen LogP contribution in [0.15, 0.2) is 0 Å². The van der Waals surface area contributed by atoms with E-state index in [1.165, 1.54) is 5.56 Å². The zero-order chi connectivity index (χ0) is 16.0. The van der Waals surface area contributed by atoms with Crippen molar-refractivity contribution in [3.8, 4) is 0 Å². The lowest BCUT2D eigenvalue weighted by atomic mass is 9.98. The summed E-state index contributed by atoms with van der Waals surface area (Å²) >= 11 is 0. The van der Waals surface area contributed by atoms with Crippen molar-refractivity contribution in [2.45, 2.75) is 67.0 Å². The molecular formula is C17H31N3O. The highest BCUT2D eigenvalue weighted by Gasteiger charge is 2.15. The lowest BCUT2D eigenvalue weighted by Crippen LogP contribution is -2.29. The number of nitrogens with one attached hydrogen (secondary N) is 1. The molecule has 0 aliphatic rings. The van der Waals surface area contributed by atoms with Crippen molar-refractivity contribution < 1.29 is 4.74 Å². The average molecular weight is 293 g/mol. The second-order valence-electron chi connectivity index (χ2n) is 6.20. The first-order chi connectivity index (χ1) is 9.85. The van der Waals surface area contributed by atoms with E-state index in [1.54, 1.807) is 0 Å². The van der Waals surface area contributed by atoms with Gasteiger partial charge in [0.15, 0.2) is 5.82 Å². The molecular weight excluding hydrogens is 262 g/mol. The molecule has 0 radical (unpaired) electrons. The number of ether oxygens (including phenoxy) is 1. The van der Waals surface area contributed by atoms with E-state index in [9.17, 15) is 0 Å². The first-order valence-corrected chi connectivity index (χ1v) is 8.04. The maximum atomic E-state index is 5.59. The van der Waals surface area contributed by atoms with E-state index >= 15 is 0 Å². The van der Waals surface area contributed by atoms with Gasteiger partial charge in [-0.2, -0.15) is 0 Å². The van der Waals surface area contributed by atoms with Crippen molar-refractivity contribution in [3.63, 3.8) is 0 Å². The van der Waals surface area contributed by atoms with Crippen LogP contribution in [-0.2, 0) is 11.2 Å². The molecule has 0 amide bonds. The minimum absolute atomic E-state index is 0.0403. The summed E-state index contributed by atoms with van der Waals surface area (Å²) in [5, 5.41) is 3.49. The Balaban J connectivity index is 2.80. The summed E-state index contributed by atoms with van der Waals surface area (Å²) in [4.78, 5) is 9.29. The molecule has 0 bridgehead atoms. The van der Waals surface area contributed by atoms with Gasteiger partial charge in [-0.15, -0.1) is 0 Å². The summed E-state index contributed by atoms with van der Waals surface area (Å²) in [6, 6.07) is 0.528. The molecule has 1 rings (SSSR count). The normalized spacial score (nSPS) is 14.5. The first kappa shape index (κ1) is 18.1. The van der Waals surface area contributed by atoms with Crippen molar-refractivity contribution in [2.24, 2.45) is 5.92 Å². The Labute approximate surface area is 129 Å². The van der Waals surface area contributed by atoms with Crippen LogP contribution >= 0.6 is 0 Å². The van der Waals surface area contributed by atoms with Gasteiger partial charge in [0.1, 0.15) is 6.10 Å². The van der Waals surface area contributed by atoms with Crippen LogP contribution in [-0.4, -0.2) is 29.2 Å². The Morgan fingerprint density at radius 3 is 2.10 bits per heavy atom. The summed E-state index contributed by atoms with van der Waals surface area (Å²) in [6.07, 6.45) is 0.974. The van der Waals surface area contributed by atoms with E-state index in [0.717, 1.165) is 30.2 Å². The predicted octanol–water partition coefficient (Wildman–Crippen LogP) is 3.37. The molecule has 2 unspecified atom stereocenters. The Kier molecular flexibility index (Phi) is 7.26. The largest absolute Gasteiger partial charge is 0.371 e. The molecule has 0 saturated heterocycles. The summed E-state index contributed by atoms with van der Waals surface area (Å²) in [6.45, 7) is 16.5. The maximum absolute atomic E-state index is 5.59. The van der Waals surface area contributed by atoms with Crippen LogP contribution in [0.3, 0.4) is 0 Å². The van der Waals surface area contributed by atoms with Crippen molar-refractivity contribution in [2.75, 3.05) is 13.2 Å². The van der Waals surface area contributed by atoms with E-state index < -0.39 is 0 Å². The van der Waals surface area contributed by atoms with Crippen molar-refractivity contribution >= 4 is 0 Å². The van der Waals surface area contributed by atoms with Crippen LogP contribution in [0.25, 0.3) is 0 Å². The summed E-state index contributed by atoms with van der Waals surface area (Å²) in [5.41, 5.74) is 3.45. The zero-order valence-electron chi connectivity index (χ0n) is 14.7. The fraction of sp³-hybridized carbons (Fsp3) is 0.765. The highest BCUT2D eigenvalue weighted by Crippen LogP contribution is 2.19. The predicted molar refractivity (Wildman–Crippen MR) is 87.6 cm³/mol. The van der Waals surface area contributed by atoms with Crippen molar-refractivity contribution in [1.29, 1.82) is 0 Å². The first-order valence-electron chi connectivity index (χ1n) is 8.04. The molecule has 1 aromatic heterocycles. The van der Waals surface area contributed by atoms with Gasteiger partial charge in [0, 0.05) is 24.0 Å². The van der Waals surface area contributed by atoms with Gasteiger partial charge in [0.05, 0.1) is 0 Å². The molecule has 1 N–H and O–H groups in total. The third kappa shape index (κ3) is 5.71. The fourth-order valence-corrected chi connectivity index (χ4v) is 2.42. The quantitative estimate of drug-likeness (QED) is 0.798. The number of rotatable bonds is 8. The molecule has 4 heteroatoms. The lowest BCUT2D eigenvalue weighted by molar-refractivity contribution is 0.0697. The van der Waals surface area contributed by atoms with Gasteiger partial charge in [0.25, 0.3) is 0 Å². The zero-order valence-corrected chi connectivity index (χ0v) is 14.7. The average Bonchev–Trinajstić information content (AvgIpc) is 2.40. The van der Waals surface area contributed by atoms with Gasteiger partial charge in [-0.1, -0.05) is 20.8 Å². The Morgan fingerprint density at radius 1 is 1.05 bits per heavy atom. The van der Waals surface area contributed by atoms with Crippen LogP contribution in [0.5, 0.6) is 0 Å². The van der Waals surface area contributed by atoms with Crippen LogP contribution in [0, 0.1) is 19.8 Å². The molecule has 21 heavy (non-hydrogen) atoms. The molecule has 0 aromatic carbocycles. The lowest BCUT2D eigenvalue weighted by Gasteiger charge is -2.19. The van der Waals surface area contributed by atoms with Gasteiger partial charge in [-0.3, -0.25) is 0 Å². The van der Waals surface area contributed by atoms with E-state index in [0.29, 0.717) is 18.6 Å². The minimum atomic E-state index is -0.0403. The summed E-state index contributed by atoms with van der Waals surface area (Å²) < 4.78 is 5.59. The van der Waals surface area contributed by atoms with Crippen molar-refractivity contribution in [3.05, 3.63) is 22.8 Å². The smallest absolute Gasteiger partial charge is 0.157 e. The van der Waals surface area contributed by atoms with E-state index in [4.69, 9.17) is 4.74 Å². The van der Waals surface area contributed by atoms with Crippen LogP contribution in [0.4, 0.5) is 0 Å². The standard InChI is InChI=1S/C17H31N3O/c1-8-21-15(7)17-19-13(5)16(14(6)20-17)9-12(4)10-18-11(2)3/h11-12,15,18H,8-10H2,1-7H3. The van der Waals surface area contributed by atoms with Gasteiger partial charge in [-0.25, -0.2) is 9.97 Å². The second-order valence-corrected chi connectivity index (χ2v) is 6.20. The maximum Gasteiger partial charge on any atom is 0.157 e. The third-order valence-electron chi connectivity index (χ3n) is 3.65. The van der Waals surface area contributed by atoms with Crippen LogP contribution < -0.4 is 5.32 Å². The molecule has 120 valence electrons. The molecule has 1 aromatic rings. The van der Waals surface area contributed by atoms with Gasteiger partial charge >= 0.3 is 0 Å². The highest BCUT2D eigenvalue weighted by atomic mass is 16.5.